The van der Waals surface area contributed by atoms with Crippen LogP contribution in [0, 0.1) is 9.77 Å². The van der Waals surface area contributed by atoms with E-state index in [0.29, 0.717) is 55.2 Å². The molecule has 2 aromatic heterocycles. The van der Waals surface area contributed by atoms with E-state index in [1.807, 2.05) is 6.92 Å². The molecule has 3 N–H and O–H groups in total. The molecule has 0 fully saturated rings. The highest BCUT2D eigenvalue weighted by Crippen LogP contribution is 2.34. The van der Waals surface area contributed by atoms with Gasteiger partial charge in [0.2, 0.25) is 5.91 Å². The summed E-state index contributed by atoms with van der Waals surface area (Å²) in [7, 11) is 0. The lowest BCUT2D eigenvalue weighted by atomic mass is 10.1. The number of aromatic nitrogens is 4. The van der Waals surface area contributed by atoms with Gasteiger partial charge >= 0.3 is 5.97 Å². The molecule has 1 atom stereocenters. The number of halogens is 2. The Bertz CT molecular complexity index is 1600. The summed E-state index contributed by atoms with van der Waals surface area (Å²) in [5, 5.41) is 19.4. The lowest BCUT2D eigenvalue weighted by Gasteiger charge is -2.15. The molecule has 0 radical (unpaired) electrons. The van der Waals surface area contributed by atoms with E-state index in [-0.39, 0.29) is 11.6 Å². The highest BCUT2D eigenvalue weighted by Gasteiger charge is 2.20. The number of carbonyl (C=O) groups is 2. The normalized spacial score (nSPS) is 11.8. The number of hydrogen-bond acceptors (Lipinski definition) is 10. The van der Waals surface area contributed by atoms with Gasteiger partial charge in [-0.05, 0) is 49.8 Å². The molecule has 0 bridgehead atoms. The van der Waals surface area contributed by atoms with E-state index in [1.54, 1.807) is 19.1 Å². The summed E-state index contributed by atoms with van der Waals surface area (Å²) in [6.45, 7) is 3.75. The van der Waals surface area contributed by atoms with Gasteiger partial charge < -0.3 is 20.5 Å². The molecule has 0 aliphatic rings. The van der Waals surface area contributed by atoms with E-state index >= 15 is 0 Å². The van der Waals surface area contributed by atoms with Crippen molar-refractivity contribution in [3.63, 3.8) is 0 Å². The fourth-order valence-corrected chi connectivity index (χ4v) is 6.07. The van der Waals surface area contributed by atoms with E-state index in [1.165, 1.54) is 29.2 Å². The highest BCUT2D eigenvalue weighted by atomic mass is 35.5. The van der Waals surface area contributed by atoms with Gasteiger partial charge in [-0.1, -0.05) is 41.6 Å². The minimum absolute atomic E-state index is 0.0414. The molecule has 0 spiro atoms. The number of carboxylic acids is 1. The number of rotatable bonds is 11. The Kier molecular flexibility index (Phi) is 9.32. The van der Waals surface area contributed by atoms with E-state index in [2.05, 4.69) is 25.7 Å². The molecule has 15 heteroatoms. The molecule has 4 rings (SSSR count). The monoisotopic (exact) mass is 608 g/mol. The molecule has 2 aromatic carbocycles. The Morgan fingerprint density at radius 2 is 2.08 bits per heavy atom. The van der Waals surface area contributed by atoms with Gasteiger partial charge in [0.1, 0.15) is 35.5 Å². The molecule has 1 amide bonds. The molecule has 0 saturated carbocycles. The van der Waals surface area contributed by atoms with Crippen molar-refractivity contribution in [1.29, 1.82) is 0 Å². The van der Waals surface area contributed by atoms with E-state index in [0.717, 1.165) is 23.1 Å². The molecule has 4 aromatic rings. The van der Waals surface area contributed by atoms with Gasteiger partial charge in [-0.15, -0.1) is 0 Å². The second-order valence-corrected chi connectivity index (χ2v) is 11.4. The van der Waals surface area contributed by atoms with Gasteiger partial charge in [-0.2, -0.15) is 5.10 Å². The molecule has 0 saturated heterocycles. The number of carboxylic acid groups (broad SMARTS) is 1. The van der Waals surface area contributed by atoms with Crippen LogP contribution in [0.1, 0.15) is 20.3 Å². The summed E-state index contributed by atoms with van der Waals surface area (Å²) in [6, 6.07) is 7.55. The van der Waals surface area contributed by atoms with Crippen LogP contribution in [0.25, 0.3) is 10.9 Å². The predicted molar refractivity (Wildman–Crippen MR) is 153 cm³/mol. The van der Waals surface area contributed by atoms with Crippen molar-refractivity contribution in [1.82, 2.24) is 19.7 Å². The number of amides is 1. The van der Waals surface area contributed by atoms with Crippen LogP contribution in [0.4, 0.5) is 21.6 Å². The molecular weight excluding hydrogens is 587 g/mol. The number of carbonyl (C=O) groups excluding carboxylic acids is 1. The van der Waals surface area contributed by atoms with Crippen molar-refractivity contribution < 1.29 is 23.8 Å². The van der Waals surface area contributed by atoms with Crippen molar-refractivity contribution in [2.75, 3.05) is 17.2 Å². The van der Waals surface area contributed by atoms with Gasteiger partial charge in [0.25, 0.3) is 0 Å². The second kappa shape index (κ2) is 12.7. The largest absolute Gasteiger partial charge is 0.492 e. The van der Waals surface area contributed by atoms with Crippen LogP contribution in [0.2, 0.25) is 5.02 Å². The summed E-state index contributed by atoms with van der Waals surface area (Å²) >= 11 is 13.5. The highest BCUT2D eigenvalue weighted by molar-refractivity contribution is 8.02. The van der Waals surface area contributed by atoms with Gasteiger partial charge in [0, 0.05) is 17.1 Å². The number of fused-ring (bicyclic) bond motifs is 1. The smallest absolute Gasteiger partial charge is 0.317 e. The third kappa shape index (κ3) is 7.01. The van der Waals surface area contributed by atoms with Crippen molar-refractivity contribution in [3.8, 4) is 5.75 Å². The maximum Gasteiger partial charge on any atom is 0.317 e. The maximum absolute atomic E-state index is 13.6. The third-order valence-corrected chi connectivity index (χ3v) is 8.30. The zero-order valence-corrected chi connectivity index (χ0v) is 23.8. The van der Waals surface area contributed by atoms with Crippen molar-refractivity contribution in [3.05, 3.63) is 51.5 Å². The average Bonchev–Trinajstić information content (AvgIpc) is 3.23. The number of aliphatic carboxylic acids is 1. The predicted octanol–water partition coefficient (Wildman–Crippen LogP) is 6.15. The molecule has 1 unspecified atom stereocenters. The zero-order chi connectivity index (χ0) is 28.1. The molecule has 204 valence electrons. The second-order valence-electron chi connectivity index (χ2n) is 7.97. The first kappa shape index (κ1) is 28.7. The Morgan fingerprint density at radius 1 is 1.28 bits per heavy atom. The number of thioether (sulfide) groups is 1. The van der Waals surface area contributed by atoms with Crippen LogP contribution in [0.5, 0.6) is 5.75 Å². The van der Waals surface area contributed by atoms with Crippen LogP contribution >= 0.6 is 46.9 Å². The molecular formula is C24H22ClFN6O4S3. The Balaban J connectivity index is 1.59. The first-order chi connectivity index (χ1) is 18.7. The average molecular weight is 609 g/mol. The number of ether oxygens (including phenoxy) is 1. The number of benzene rings is 2. The van der Waals surface area contributed by atoms with Crippen LogP contribution in [0.15, 0.2) is 41.0 Å². The van der Waals surface area contributed by atoms with E-state index < -0.39 is 22.9 Å². The SMILES string of the molecule is CCOc1cc2ncnc(Nc3ccc(F)c(Cl)c3)c2cc1NC(=O)Cn1nc(SC(CC)C(=O)O)sc1=S. The third-order valence-electron chi connectivity index (χ3n) is 5.26. The number of anilines is 3. The van der Waals surface area contributed by atoms with E-state index in [4.69, 9.17) is 28.6 Å². The van der Waals surface area contributed by atoms with Gasteiger partial charge in [0.15, 0.2) is 8.29 Å². The van der Waals surface area contributed by atoms with Gasteiger partial charge in [0.05, 0.1) is 22.8 Å². The first-order valence-electron chi connectivity index (χ1n) is 11.6. The lowest BCUT2D eigenvalue weighted by molar-refractivity contribution is -0.136. The molecule has 0 aliphatic heterocycles. The first-order valence-corrected chi connectivity index (χ1v) is 14.1. The topological polar surface area (TPSA) is 131 Å². The maximum atomic E-state index is 13.6. The zero-order valence-electron chi connectivity index (χ0n) is 20.6. The Hall–Kier alpha value is -3.33. The minimum Gasteiger partial charge on any atom is -0.492 e. The summed E-state index contributed by atoms with van der Waals surface area (Å²) in [4.78, 5) is 32.9. The summed E-state index contributed by atoms with van der Waals surface area (Å²) in [6.07, 6.45) is 1.79. The fourth-order valence-electron chi connectivity index (χ4n) is 3.46. The standard InChI is InChI=1S/C24H22ClFN6O4S3/c1-3-19(22(34)35)38-23-31-32(24(37)39-23)10-20(33)30-17-8-13-16(9-18(17)36-4-2)27-11-28-21(13)29-12-5-6-15(26)14(25)7-12/h5-9,11,19H,3-4,10H2,1-2H3,(H,30,33)(H,34,35)(H,27,28,29). The van der Waals surface area contributed by atoms with Crippen molar-refractivity contribution in [2.24, 2.45) is 0 Å². The Morgan fingerprint density at radius 3 is 2.77 bits per heavy atom. The summed E-state index contributed by atoms with van der Waals surface area (Å²) in [5.41, 5.74) is 1.44. The number of nitrogens with zero attached hydrogens (tertiary/aromatic N) is 4. The van der Waals surface area contributed by atoms with Crippen LogP contribution in [-0.4, -0.2) is 48.6 Å². The van der Waals surface area contributed by atoms with Crippen LogP contribution < -0.4 is 15.4 Å². The van der Waals surface area contributed by atoms with Gasteiger partial charge in [-0.3, -0.25) is 9.59 Å². The molecule has 2 heterocycles. The quantitative estimate of drug-likeness (QED) is 0.135. The van der Waals surface area contributed by atoms with Crippen LogP contribution in [-0.2, 0) is 16.1 Å². The van der Waals surface area contributed by atoms with Crippen molar-refractivity contribution >= 4 is 86.9 Å². The molecule has 0 aliphatic carbocycles. The number of hydrogen-bond donors (Lipinski definition) is 3. The van der Waals surface area contributed by atoms with Crippen molar-refractivity contribution in [2.45, 2.75) is 36.4 Å². The minimum atomic E-state index is -0.937. The van der Waals surface area contributed by atoms with Gasteiger partial charge in [-0.25, -0.2) is 19.0 Å². The van der Waals surface area contributed by atoms with Crippen LogP contribution in [0.3, 0.4) is 0 Å². The summed E-state index contributed by atoms with van der Waals surface area (Å²) in [5.74, 6) is -1.09. The lowest BCUT2D eigenvalue weighted by Crippen LogP contribution is -2.20. The van der Waals surface area contributed by atoms with E-state index in [9.17, 15) is 19.1 Å². The summed E-state index contributed by atoms with van der Waals surface area (Å²) < 4.78 is 21.5. The fraction of sp³-hybridized carbons (Fsp3) is 0.250. The number of nitrogens with one attached hydrogen (secondary N) is 2. The molecule has 39 heavy (non-hydrogen) atoms. The Labute approximate surface area is 240 Å². The molecule has 10 nitrogen and oxygen atoms in total.